The van der Waals surface area contributed by atoms with Crippen LogP contribution in [-0.4, -0.2) is 317 Å². The highest BCUT2D eigenvalue weighted by atomic mass is 16.7. The summed E-state index contributed by atoms with van der Waals surface area (Å²) in [4.78, 5) is 84.4. The molecule has 0 bridgehead atoms. The maximum absolute atomic E-state index is 15.1. The zero-order valence-electron chi connectivity index (χ0n) is 48.6. The number of amides is 5. The summed E-state index contributed by atoms with van der Waals surface area (Å²) in [5, 5.41) is 186. The van der Waals surface area contributed by atoms with Gasteiger partial charge in [0.05, 0.1) is 45.1 Å². The number of aliphatic hydroxyl groups is 14. The molecule has 5 saturated heterocycles. The van der Waals surface area contributed by atoms with Gasteiger partial charge in [-0.05, 0) is 23.3 Å². The van der Waals surface area contributed by atoms with E-state index in [2.05, 4.69) is 42.5 Å². The van der Waals surface area contributed by atoms with Crippen LogP contribution in [0.4, 0.5) is 0 Å². The summed E-state index contributed by atoms with van der Waals surface area (Å²) in [6, 6.07) is 1.04. The van der Waals surface area contributed by atoms with Crippen molar-refractivity contribution in [2.24, 2.45) is 5.73 Å². The van der Waals surface area contributed by atoms with Crippen LogP contribution in [0.2, 0.25) is 0 Å². The number of benzene rings is 2. The molecule has 37 heteroatoms. The molecular formula is C54H79N12O25. The van der Waals surface area contributed by atoms with Crippen LogP contribution in [0, 0.1) is 10.8 Å². The lowest BCUT2D eigenvalue weighted by atomic mass is 9.92. The first-order valence-electron chi connectivity index (χ1n) is 28.8. The second kappa shape index (κ2) is 32.1. The van der Waals surface area contributed by atoms with Crippen LogP contribution in [-0.2, 0) is 54.1 Å². The maximum Gasteiger partial charge on any atom is 0.246 e. The lowest BCUT2D eigenvalue weighted by molar-refractivity contribution is -0.352. The lowest BCUT2D eigenvalue weighted by Crippen LogP contribution is -2.69. The van der Waals surface area contributed by atoms with Crippen LogP contribution in [0.5, 0.6) is 5.75 Å². The number of nitrogens with zero attached hydrogens (tertiary/aromatic N) is 1. The normalized spacial score (nSPS) is 32.6. The van der Waals surface area contributed by atoms with E-state index in [0.29, 0.717) is 5.56 Å². The van der Waals surface area contributed by atoms with Crippen LogP contribution in [0.25, 0.3) is 0 Å². The first-order valence-corrected chi connectivity index (χ1v) is 28.8. The van der Waals surface area contributed by atoms with Gasteiger partial charge >= 0.3 is 0 Å². The minimum Gasteiger partial charge on any atom is -0.462 e. The van der Waals surface area contributed by atoms with Crippen molar-refractivity contribution in [3.63, 3.8) is 0 Å². The number of hydrogen-bond acceptors (Lipinski definition) is 28. The molecule has 5 aliphatic rings. The van der Waals surface area contributed by atoms with E-state index >= 15 is 4.79 Å². The minimum absolute atomic E-state index is 0.0852. The van der Waals surface area contributed by atoms with E-state index in [1.165, 1.54) is 30.6 Å². The molecule has 1 radical (unpaired) electrons. The molecule has 5 amide bonds. The molecule has 2 aromatic carbocycles. The van der Waals surface area contributed by atoms with Crippen molar-refractivity contribution in [3.05, 3.63) is 65.7 Å². The number of guanidine groups is 2. The summed E-state index contributed by atoms with van der Waals surface area (Å²) < 4.78 is 28.2. The largest absolute Gasteiger partial charge is 0.462 e. The van der Waals surface area contributed by atoms with E-state index in [0.717, 1.165) is 4.90 Å². The second-order valence-corrected chi connectivity index (χ2v) is 22.2. The Labute approximate surface area is 517 Å². The third-order valence-electron chi connectivity index (χ3n) is 16.2. The summed E-state index contributed by atoms with van der Waals surface area (Å²) in [5.41, 5.74) is 6.38. The molecule has 25 unspecified atom stereocenters. The Balaban J connectivity index is 1.19. The summed E-state index contributed by atoms with van der Waals surface area (Å²) >= 11 is 0. The van der Waals surface area contributed by atoms with Crippen molar-refractivity contribution in [2.75, 3.05) is 46.1 Å². The highest BCUT2D eigenvalue weighted by Gasteiger charge is 2.54. The van der Waals surface area contributed by atoms with Crippen molar-refractivity contribution < 1.29 is 124 Å². The molecule has 0 saturated carbocycles. The molecular weight excluding hydrogens is 1220 g/mol. The van der Waals surface area contributed by atoms with Gasteiger partial charge in [-0.2, -0.15) is 0 Å². The Hall–Kier alpha value is -6.96. The fraction of sp³-hybridized carbons (Fsp3) is 0.630. The first-order chi connectivity index (χ1) is 43.3. The smallest absolute Gasteiger partial charge is 0.246 e. The highest BCUT2D eigenvalue weighted by molar-refractivity contribution is 5.97. The van der Waals surface area contributed by atoms with Crippen LogP contribution >= 0.6 is 0 Å². The molecule has 0 aliphatic carbocycles. The Bertz CT molecular complexity index is 2800. The Morgan fingerprint density at radius 3 is 1.82 bits per heavy atom. The monoisotopic (exact) mass is 1300 g/mol. The fourth-order valence-corrected chi connectivity index (χ4v) is 10.9. The van der Waals surface area contributed by atoms with Gasteiger partial charge in [-0.1, -0.05) is 49.4 Å². The Morgan fingerprint density at radius 1 is 0.659 bits per heavy atom. The van der Waals surface area contributed by atoms with Crippen LogP contribution in [0.3, 0.4) is 0 Å². The molecule has 505 valence electrons. The predicted octanol–water partition coefficient (Wildman–Crippen LogP) is -13.3. The molecule has 0 spiro atoms. The van der Waals surface area contributed by atoms with Crippen molar-refractivity contribution in [1.29, 1.82) is 10.8 Å². The molecule has 5 aliphatic heterocycles. The zero-order valence-corrected chi connectivity index (χ0v) is 48.6. The summed E-state index contributed by atoms with van der Waals surface area (Å²) in [7, 11) is 0. The number of hydrogen-bond donors (Lipinski definition) is 25. The number of nitrogens with two attached hydrogens (primary N) is 1. The molecule has 25 atom stereocenters. The number of carbonyl (C=O) groups is 5. The quantitative estimate of drug-likeness (QED) is 0.0376. The van der Waals surface area contributed by atoms with E-state index in [1.807, 2.05) is 0 Å². The second-order valence-electron chi connectivity index (χ2n) is 22.2. The number of aliphatic hydroxyl groups excluding tert-OH is 14. The van der Waals surface area contributed by atoms with Gasteiger partial charge in [0.1, 0.15) is 121 Å². The minimum atomic E-state index is -2.33. The van der Waals surface area contributed by atoms with Crippen molar-refractivity contribution in [3.8, 4) is 5.75 Å². The van der Waals surface area contributed by atoms with Gasteiger partial charge in [-0.3, -0.25) is 39.6 Å². The zero-order chi connectivity index (χ0) is 66.7. The van der Waals surface area contributed by atoms with Crippen molar-refractivity contribution >= 4 is 47.7 Å². The van der Waals surface area contributed by atoms with Gasteiger partial charge in [-0.15, -0.1) is 0 Å². The van der Waals surface area contributed by atoms with Gasteiger partial charge in [-0.25, -0.2) is 0 Å². The summed E-state index contributed by atoms with van der Waals surface area (Å²) in [6.07, 6.45) is -30.5. The molecule has 5 fully saturated rings. The van der Waals surface area contributed by atoms with Gasteiger partial charge in [0.15, 0.2) is 24.4 Å². The van der Waals surface area contributed by atoms with Crippen LogP contribution in [0.15, 0.2) is 54.6 Å². The first kappa shape index (κ1) is 71.5. The van der Waals surface area contributed by atoms with Crippen molar-refractivity contribution in [1.82, 2.24) is 47.4 Å². The lowest BCUT2D eigenvalue weighted by Gasteiger charge is -2.46. The number of nitrogens with one attached hydrogen (secondary N) is 10. The number of rotatable bonds is 28. The maximum atomic E-state index is 15.1. The molecule has 2 aromatic rings. The average molecular weight is 1300 g/mol. The van der Waals surface area contributed by atoms with E-state index in [1.54, 1.807) is 37.3 Å². The van der Waals surface area contributed by atoms with Crippen molar-refractivity contribution in [2.45, 2.75) is 166 Å². The third kappa shape index (κ3) is 16.6. The number of carbonyl (C=O) groups excluding carboxylic acids is 6. The fourth-order valence-electron chi connectivity index (χ4n) is 10.9. The van der Waals surface area contributed by atoms with Gasteiger partial charge in [0.2, 0.25) is 42.1 Å². The van der Waals surface area contributed by atoms with Gasteiger partial charge < -0.3 is 148 Å². The van der Waals surface area contributed by atoms with Gasteiger partial charge in [0, 0.05) is 25.4 Å². The summed E-state index contributed by atoms with van der Waals surface area (Å²) in [6.45, 7) is -3.42. The van der Waals surface area contributed by atoms with Gasteiger partial charge in [0.25, 0.3) is 0 Å². The SMILES string of the molecule is CC(c1ccccc1)C(NC(=O)CN)C(=O)NC(Cc1ccc(OC2OC(CO)C(OC3OC(CO)C(O)C(O)C3O)C(O)C2O)cc1)C(=O)NC(C(=O)NC(C(=O)NC([C]=O)CO)C(O)C1CNC(=N)N1C1OC(CO)C(O)C(O)C1O)C(O)C1CNC(=N)N1. The Kier molecular flexibility index (Phi) is 25.2. The standard InChI is InChI=1S/C54H79N12O25/c1-20(22-5-3-2-4-6-22)32(63-31(72)12-55)47(84)61-25(11-21-7-9-24(10-8-21)87-51-44(82)41(79)45(30(19-71)90-51)91-52-43(81)40(78)38(76)29(18-70)89-52)46(83)64-33(35(73)26-13-58-53(56)62-26)49(86)65-34(48(85)60-23(15-67)16-68)36(74)27-14-59-54(57)66(27)50-42(80)39(77)37(75)28(17-69)88-50/h2-10,20,23,25-30,32-45,50-52,67,69-71,73-82H,11-15,17-19,55H2,1H3,(H2,57,59)(H,60,85)(H,61,84)(H,63,72)(H,64,83)(H,65,86)(H3,56,58,62). The third-order valence-corrected chi connectivity index (χ3v) is 16.2. The Morgan fingerprint density at radius 2 is 1.23 bits per heavy atom. The molecule has 91 heavy (non-hydrogen) atoms. The van der Waals surface area contributed by atoms with Crippen LogP contribution < -0.4 is 53.0 Å². The predicted molar refractivity (Wildman–Crippen MR) is 303 cm³/mol. The van der Waals surface area contributed by atoms with Crippen LogP contribution in [0.1, 0.15) is 24.0 Å². The number of ether oxygens (including phenoxy) is 5. The van der Waals surface area contributed by atoms with E-state index in [9.17, 15) is 95.5 Å². The molecule has 0 aromatic heterocycles. The van der Waals surface area contributed by atoms with E-state index < -0.39 is 234 Å². The topological polar surface area (TPSA) is 605 Å². The van der Waals surface area contributed by atoms with E-state index in [4.69, 9.17) is 40.2 Å². The molecule has 37 nitrogen and oxygen atoms in total. The molecule has 26 N–H and O–H groups in total. The highest BCUT2D eigenvalue weighted by Crippen LogP contribution is 2.32. The molecule has 7 rings (SSSR count). The summed E-state index contributed by atoms with van der Waals surface area (Å²) in [5.74, 6) is -7.81. The average Bonchev–Trinajstić information content (AvgIpc) is 1.86. The van der Waals surface area contributed by atoms with E-state index in [-0.39, 0.29) is 23.8 Å². The molecule has 5 heterocycles.